The van der Waals surface area contributed by atoms with E-state index in [9.17, 15) is 0 Å². The van der Waals surface area contributed by atoms with Crippen LogP contribution in [-0.2, 0) is 0 Å². The minimum atomic E-state index is -0.597. The standard InChI is InChI=1S/C10H12O2/c1-10(12)8-6-4-2-3-5-7-9-11/h2,4,10-12H,7,9H2,1H3/b4-2-/t10-/m1/s1. The van der Waals surface area contributed by atoms with E-state index in [1.165, 1.54) is 0 Å². The molecule has 0 saturated carbocycles. The fourth-order valence-electron chi connectivity index (χ4n) is 0.439. The average Bonchev–Trinajstić information content (AvgIpc) is 2.02. The molecule has 0 bridgehead atoms. The van der Waals surface area contributed by atoms with Gasteiger partial charge >= 0.3 is 0 Å². The molecule has 0 aliphatic rings. The van der Waals surface area contributed by atoms with Crippen molar-refractivity contribution >= 4 is 0 Å². The van der Waals surface area contributed by atoms with Gasteiger partial charge in [0.15, 0.2) is 0 Å². The average molecular weight is 164 g/mol. The van der Waals surface area contributed by atoms with Crippen LogP contribution in [0.5, 0.6) is 0 Å². The summed E-state index contributed by atoms with van der Waals surface area (Å²) in [6, 6.07) is 0. The molecule has 0 radical (unpaired) electrons. The monoisotopic (exact) mass is 164 g/mol. The Bertz CT molecular complexity index is 242. The van der Waals surface area contributed by atoms with Crippen LogP contribution in [0.3, 0.4) is 0 Å². The Kier molecular flexibility index (Phi) is 7.08. The van der Waals surface area contributed by atoms with Gasteiger partial charge in [-0.2, -0.15) is 0 Å². The first kappa shape index (κ1) is 10.8. The Labute approximate surface area is 72.9 Å². The van der Waals surface area contributed by atoms with Crippen molar-refractivity contribution in [2.45, 2.75) is 19.4 Å². The van der Waals surface area contributed by atoms with E-state index < -0.39 is 6.10 Å². The van der Waals surface area contributed by atoms with E-state index in [-0.39, 0.29) is 6.61 Å². The van der Waals surface area contributed by atoms with Crippen LogP contribution in [0.1, 0.15) is 13.3 Å². The Morgan fingerprint density at radius 3 is 2.58 bits per heavy atom. The first-order valence-corrected chi connectivity index (χ1v) is 3.70. The molecule has 2 heteroatoms. The van der Waals surface area contributed by atoms with Gasteiger partial charge in [-0.1, -0.05) is 23.7 Å². The highest BCUT2D eigenvalue weighted by atomic mass is 16.3. The Balaban J connectivity index is 3.67. The lowest BCUT2D eigenvalue weighted by Gasteiger charge is -1.83. The zero-order valence-electron chi connectivity index (χ0n) is 7.04. The molecular formula is C10H12O2. The summed E-state index contributed by atoms with van der Waals surface area (Å²) >= 11 is 0. The normalized spacial score (nSPS) is 11.2. The molecule has 0 unspecified atom stereocenters. The van der Waals surface area contributed by atoms with E-state index in [1.54, 1.807) is 19.1 Å². The molecule has 0 amide bonds. The smallest absolute Gasteiger partial charge is 0.112 e. The van der Waals surface area contributed by atoms with E-state index in [2.05, 4.69) is 23.7 Å². The molecule has 0 aromatic carbocycles. The molecule has 0 rings (SSSR count). The first-order valence-electron chi connectivity index (χ1n) is 3.70. The van der Waals surface area contributed by atoms with Gasteiger partial charge in [-0.05, 0) is 19.1 Å². The van der Waals surface area contributed by atoms with Crippen molar-refractivity contribution < 1.29 is 10.2 Å². The highest BCUT2D eigenvalue weighted by Crippen LogP contribution is 1.75. The van der Waals surface area contributed by atoms with E-state index in [0.29, 0.717) is 6.42 Å². The molecule has 2 nitrogen and oxygen atoms in total. The molecule has 12 heavy (non-hydrogen) atoms. The van der Waals surface area contributed by atoms with E-state index in [4.69, 9.17) is 10.2 Å². The highest BCUT2D eigenvalue weighted by Gasteiger charge is 1.78. The quantitative estimate of drug-likeness (QED) is 0.548. The molecule has 0 aliphatic heterocycles. The van der Waals surface area contributed by atoms with Crippen LogP contribution in [-0.4, -0.2) is 22.9 Å². The lowest BCUT2D eigenvalue weighted by molar-refractivity contribution is 0.253. The van der Waals surface area contributed by atoms with Crippen molar-refractivity contribution in [1.82, 2.24) is 0 Å². The minimum absolute atomic E-state index is 0.0835. The third-order valence-electron chi connectivity index (χ3n) is 0.881. The second-order valence-electron chi connectivity index (χ2n) is 2.09. The van der Waals surface area contributed by atoms with Crippen molar-refractivity contribution in [3.63, 3.8) is 0 Å². The highest BCUT2D eigenvalue weighted by molar-refractivity contribution is 5.25. The van der Waals surface area contributed by atoms with E-state index in [0.717, 1.165) is 0 Å². The Morgan fingerprint density at radius 2 is 2.00 bits per heavy atom. The van der Waals surface area contributed by atoms with Gasteiger partial charge < -0.3 is 10.2 Å². The van der Waals surface area contributed by atoms with Crippen LogP contribution in [0.15, 0.2) is 12.2 Å². The van der Waals surface area contributed by atoms with E-state index >= 15 is 0 Å². The molecule has 0 aliphatic carbocycles. The zero-order valence-corrected chi connectivity index (χ0v) is 7.04. The second kappa shape index (κ2) is 7.88. The Hall–Kier alpha value is -1.22. The first-order chi connectivity index (χ1) is 5.77. The summed E-state index contributed by atoms with van der Waals surface area (Å²) in [5.74, 6) is 10.5. The van der Waals surface area contributed by atoms with Crippen LogP contribution in [0.2, 0.25) is 0 Å². The van der Waals surface area contributed by atoms with Crippen LogP contribution < -0.4 is 0 Å². The fourth-order valence-corrected chi connectivity index (χ4v) is 0.439. The maximum absolute atomic E-state index is 8.72. The predicted octanol–water partition coefficient (Wildman–Crippen LogP) is 0.313. The summed E-state index contributed by atoms with van der Waals surface area (Å²) < 4.78 is 0. The minimum Gasteiger partial charge on any atom is -0.395 e. The molecular weight excluding hydrogens is 152 g/mol. The third-order valence-corrected chi connectivity index (χ3v) is 0.881. The van der Waals surface area contributed by atoms with Crippen LogP contribution in [0, 0.1) is 23.7 Å². The molecule has 1 atom stereocenters. The summed E-state index contributed by atoms with van der Waals surface area (Å²) in [4.78, 5) is 0. The van der Waals surface area contributed by atoms with E-state index in [1.807, 2.05) is 0 Å². The van der Waals surface area contributed by atoms with Gasteiger partial charge in [-0.3, -0.25) is 0 Å². The molecule has 64 valence electrons. The van der Waals surface area contributed by atoms with Gasteiger partial charge in [-0.25, -0.2) is 0 Å². The number of rotatable bonds is 1. The van der Waals surface area contributed by atoms with Crippen molar-refractivity contribution in [1.29, 1.82) is 0 Å². The summed E-state index contributed by atoms with van der Waals surface area (Å²) in [6.07, 6.45) is 3.04. The molecule has 0 aromatic rings. The van der Waals surface area contributed by atoms with Gasteiger partial charge in [0.1, 0.15) is 6.10 Å². The van der Waals surface area contributed by atoms with Gasteiger partial charge in [-0.15, -0.1) is 0 Å². The zero-order chi connectivity index (χ0) is 9.23. The number of aliphatic hydroxyl groups is 2. The topological polar surface area (TPSA) is 40.5 Å². The maximum Gasteiger partial charge on any atom is 0.112 e. The van der Waals surface area contributed by atoms with Crippen LogP contribution in [0.25, 0.3) is 0 Å². The fraction of sp³-hybridized carbons (Fsp3) is 0.400. The van der Waals surface area contributed by atoms with Crippen LogP contribution in [0.4, 0.5) is 0 Å². The second-order valence-corrected chi connectivity index (χ2v) is 2.09. The SMILES string of the molecule is C[C@@H](O)C#C/C=C\C#CCCO. The van der Waals surface area contributed by atoms with Crippen molar-refractivity contribution in [3.8, 4) is 23.7 Å². The summed E-state index contributed by atoms with van der Waals surface area (Å²) in [7, 11) is 0. The summed E-state index contributed by atoms with van der Waals surface area (Å²) in [5, 5.41) is 17.1. The predicted molar refractivity (Wildman–Crippen MR) is 48.1 cm³/mol. The molecule has 2 N–H and O–H groups in total. The third kappa shape index (κ3) is 8.78. The maximum atomic E-state index is 8.72. The number of aliphatic hydroxyl groups excluding tert-OH is 2. The van der Waals surface area contributed by atoms with Gasteiger partial charge in [0.25, 0.3) is 0 Å². The number of allylic oxidation sites excluding steroid dienone is 2. The molecule has 0 saturated heterocycles. The molecule has 0 spiro atoms. The molecule has 0 fully saturated rings. The van der Waals surface area contributed by atoms with Crippen molar-refractivity contribution in [2.75, 3.05) is 6.61 Å². The lowest BCUT2D eigenvalue weighted by atomic mass is 10.4. The number of hydrogen-bond acceptors (Lipinski definition) is 2. The van der Waals surface area contributed by atoms with Gasteiger partial charge in [0, 0.05) is 6.42 Å². The van der Waals surface area contributed by atoms with Gasteiger partial charge in [0.2, 0.25) is 0 Å². The Morgan fingerprint density at radius 1 is 1.33 bits per heavy atom. The number of hydrogen-bond donors (Lipinski definition) is 2. The summed E-state index contributed by atoms with van der Waals surface area (Å²) in [6.45, 7) is 1.68. The van der Waals surface area contributed by atoms with Crippen LogP contribution >= 0.6 is 0 Å². The summed E-state index contributed by atoms with van der Waals surface area (Å²) in [5.41, 5.74) is 0. The van der Waals surface area contributed by atoms with Gasteiger partial charge in [0.05, 0.1) is 6.61 Å². The molecule has 0 heterocycles. The lowest BCUT2D eigenvalue weighted by Crippen LogP contribution is -1.91. The molecule has 0 aromatic heterocycles. The van der Waals surface area contributed by atoms with Crippen molar-refractivity contribution in [2.24, 2.45) is 0 Å². The largest absolute Gasteiger partial charge is 0.395 e. The van der Waals surface area contributed by atoms with Crippen molar-refractivity contribution in [3.05, 3.63) is 12.2 Å².